The van der Waals surface area contributed by atoms with Crippen LogP contribution in [0.1, 0.15) is 54.9 Å². The maximum atomic E-state index is 12.0. The molecule has 0 aromatic rings. The van der Waals surface area contributed by atoms with Crippen LogP contribution in [-0.2, 0) is 14.8 Å². The summed E-state index contributed by atoms with van der Waals surface area (Å²) in [6.45, 7) is 13.3. The number of hydrogen-bond donors (Lipinski definition) is 1. The van der Waals surface area contributed by atoms with Gasteiger partial charge in [0.05, 0.1) is 5.75 Å². The molecule has 0 bridgehead atoms. The number of carbonyl (C=O) groups is 1. The van der Waals surface area contributed by atoms with Crippen molar-refractivity contribution in [3.8, 4) is 0 Å². The number of hydrogen-bond acceptors (Lipinski definition) is 3. The molecule has 0 atom stereocenters. The first-order valence-electron chi connectivity index (χ1n) is 6.30. The van der Waals surface area contributed by atoms with Gasteiger partial charge in [0.2, 0.25) is 15.9 Å². The average molecular weight is 277 g/mol. The van der Waals surface area contributed by atoms with E-state index in [4.69, 9.17) is 0 Å². The van der Waals surface area contributed by atoms with Gasteiger partial charge in [-0.15, -0.1) is 0 Å². The third-order valence-electron chi connectivity index (χ3n) is 2.39. The maximum absolute atomic E-state index is 12.0. The molecular formula is C13H27NO3S. The molecule has 0 aliphatic rings. The monoisotopic (exact) mass is 277 g/mol. The van der Waals surface area contributed by atoms with Crippen molar-refractivity contribution in [1.29, 1.82) is 0 Å². The Morgan fingerprint density at radius 3 is 1.89 bits per heavy atom. The number of amides is 1. The minimum atomic E-state index is -3.52. The van der Waals surface area contributed by atoms with Crippen LogP contribution in [-0.4, -0.2) is 20.1 Å². The van der Waals surface area contributed by atoms with Crippen LogP contribution in [0.5, 0.6) is 0 Å². The number of sulfonamides is 1. The summed E-state index contributed by atoms with van der Waals surface area (Å²) in [6.07, 6.45) is 0.628. The van der Waals surface area contributed by atoms with Crippen LogP contribution in [0, 0.1) is 16.7 Å². The van der Waals surface area contributed by atoms with Crippen molar-refractivity contribution in [2.75, 3.05) is 5.75 Å². The Labute approximate surface area is 112 Å². The first kappa shape index (κ1) is 17.4. The zero-order chi connectivity index (χ0) is 14.8. The number of carbonyl (C=O) groups excluding carboxylic acids is 1. The zero-order valence-corrected chi connectivity index (χ0v) is 13.4. The summed E-state index contributed by atoms with van der Waals surface area (Å²) in [5.74, 6) is -0.441. The van der Waals surface area contributed by atoms with E-state index in [9.17, 15) is 13.2 Å². The first-order chi connectivity index (χ1) is 7.75. The fourth-order valence-corrected chi connectivity index (χ4v) is 3.69. The molecule has 18 heavy (non-hydrogen) atoms. The molecular weight excluding hydrogens is 250 g/mol. The summed E-state index contributed by atoms with van der Waals surface area (Å²) >= 11 is 0. The molecule has 4 nitrogen and oxygen atoms in total. The fraction of sp³-hybridized carbons (Fsp3) is 0.923. The average Bonchev–Trinajstić information content (AvgIpc) is 1.94. The van der Waals surface area contributed by atoms with E-state index in [0.29, 0.717) is 6.42 Å². The lowest BCUT2D eigenvalue weighted by molar-refractivity contribution is -0.128. The minimum Gasteiger partial charge on any atom is -0.273 e. The van der Waals surface area contributed by atoms with Crippen LogP contribution in [0.15, 0.2) is 0 Å². The van der Waals surface area contributed by atoms with E-state index in [2.05, 4.69) is 4.72 Å². The third-order valence-corrected chi connectivity index (χ3v) is 3.99. The topological polar surface area (TPSA) is 63.2 Å². The maximum Gasteiger partial charge on any atom is 0.239 e. The molecule has 0 unspecified atom stereocenters. The molecule has 0 radical (unpaired) electrons. The van der Waals surface area contributed by atoms with Crippen molar-refractivity contribution in [2.24, 2.45) is 16.7 Å². The molecule has 0 aromatic carbocycles. The van der Waals surface area contributed by atoms with E-state index in [0.717, 1.165) is 0 Å². The molecule has 0 spiro atoms. The molecule has 0 fully saturated rings. The van der Waals surface area contributed by atoms with Crippen LogP contribution in [0.2, 0.25) is 0 Å². The Morgan fingerprint density at radius 1 is 1.11 bits per heavy atom. The van der Waals surface area contributed by atoms with Gasteiger partial charge >= 0.3 is 0 Å². The fourth-order valence-electron chi connectivity index (χ4n) is 2.17. The molecule has 0 rings (SSSR count). The van der Waals surface area contributed by atoms with Gasteiger partial charge < -0.3 is 0 Å². The largest absolute Gasteiger partial charge is 0.273 e. The van der Waals surface area contributed by atoms with Crippen LogP contribution in [0.25, 0.3) is 0 Å². The molecule has 0 aliphatic carbocycles. The lowest BCUT2D eigenvalue weighted by atomic mass is 9.76. The highest BCUT2D eigenvalue weighted by Crippen LogP contribution is 2.33. The van der Waals surface area contributed by atoms with E-state index in [1.165, 1.54) is 0 Å². The molecule has 0 heterocycles. The Bertz CT molecular complexity index is 389. The van der Waals surface area contributed by atoms with Crippen molar-refractivity contribution in [2.45, 2.75) is 54.9 Å². The summed E-state index contributed by atoms with van der Waals surface area (Å²) in [5.41, 5.74) is -0.717. The van der Waals surface area contributed by atoms with Crippen LogP contribution < -0.4 is 4.72 Å². The molecule has 5 heteroatoms. The van der Waals surface area contributed by atoms with Gasteiger partial charge in [0.25, 0.3) is 0 Å². The van der Waals surface area contributed by atoms with E-state index in [-0.39, 0.29) is 17.1 Å². The van der Waals surface area contributed by atoms with Crippen molar-refractivity contribution >= 4 is 15.9 Å². The van der Waals surface area contributed by atoms with Gasteiger partial charge in [-0.25, -0.2) is 8.42 Å². The molecule has 0 aliphatic heterocycles. The SMILES string of the molecule is CC(C)CS(=O)(=O)NC(=O)C(C)(C)CC(C)(C)C. The summed E-state index contributed by atoms with van der Waals surface area (Å²) in [5, 5.41) is 0. The standard InChI is InChI=1S/C13H27NO3S/c1-10(2)8-18(16,17)14-11(15)13(6,7)9-12(3,4)5/h10H,8-9H2,1-7H3,(H,14,15). The molecule has 0 saturated heterocycles. The van der Waals surface area contributed by atoms with Gasteiger partial charge in [0, 0.05) is 5.41 Å². The second-order valence-electron chi connectivity index (χ2n) is 7.23. The van der Waals surface area contributed by atoms with E-state index < -0.39 is 21.3 Å². The quantitative estimate of drug-likeness (QED) is 0.840. The Morgan fingerprint density at radius 2 is 1.56 bits per heavy atom. The lowest BCUT2D eigenvalue weighted by Gasteiger charge is -2.31. The smallest absolute Gasteiger partial charge is 0.239 e. The number of rotatable bonds is 5. The van der Waals surface area contributed by atoms with E-state index in [1.54, 1.807) is 13.8 Å². The summed E-state index contributed by atoms with van der Waals surface area (Å²) < 4.78 is 25.6. The van der Waals surface area contributed by atoms with E-state index in [1.807, 2.05) is 34.6 Å². The molecule has 108 valence electrons. The van der Waals surface area contributed by atoms with Crippen molar-refractivity contribution in [3.63, 3.8) is 0 Å². The first-order valence-corrected chi connectivity index (χ1v) is 7.95. The van der Waals surface area contributed by atoms with Gasteiger partial charge in [-0.1, -0.05) is 48.5 Å². The minimum absolute atomic E-state index is 0.000952. The normalized spacial score (nSPS) is 13.8. The van der Waals surface area contributed by atoms with Gasteiger partial charge in [-0.05, 0) is 17.8 Å². The second kappa shape index (κ2) is 5.59. The third kappa shape index (κ3) is 6.99. The summed E-state index contributed by atoms with van der Waals surface area (Å²) in [6, 6.07) is 0. The van der Waals surface area contributed by atoms with Crippen molar-refractivity contribution < 1.29 is 13.2 Å². The predicted molar refractivity (Wildman–Crippen MR) is 74.6 cm³/mol. The van der Waals surface area contributed by atoms with Crippen LogP contribution in [0.4, 0.5) is 0 Å². The van der Waals surface area contributed by atoms with Crippen molar-refractivity contribution in [3.05, 3.63) is 0 Å². The Balaban J connectivity index is 4.77. The predicted octanol–water partition coefficient (Wildman–Crippen LogP) is 2.55. The van der Waals surface area contributed by atoms with Crippen LogP contribution in [0.3, 0.4) is 0 Å². The molecule has 0 saturated carbocycles. The summed E-state index contributed by atoms with van der Waals surface area (Å²) in [7, 11) is -3.52. The van der Waals surface area contributed by atoms with Gasteiger partial charge in [-0.3, -0.25) is 9.52 Å². The van der Waals surface area contributed by atoms with Gasteiger partial charge in [0.1, 0.15) is 0 Å². The van der Waals surface area contributed by atoms with Crippen molar-refractivity contribution in [1.82, 2.24) is 4.72 Å². The Hall–Kier alpha value is -0.580. The number of nitrogens with one attached hydrogen (secondary N) is 1. The zero-order valence-electron chi connectivity index (χ0n) is 12.6. The second-order valence-corrected chi connectivity index (χ2v) is 8.99. The molecule has 1 N–H and O–H groups in total. The van der Waals surface area contributed by atoms with Gasteiger partial charge in [-0.2, -0.15) is 0 Å². The Kier molecular flexibility index (Phi) is 5.41. The molecule has 1 amide bonds. The van der Waals surface area contributed by atoms with Crippen LogP contribution >= 0.6 is 0 Å². The van der Waals surface area contributed by atoms with Gasteiger partial charge in [0.15, 0.2) is 0 Å². The highest BCUT2D eigenvalue weighted by molar-refractivity contribution is 7.90. The van der Waals surface area contributed by atoms with E-state index >= 15 is 0 Å². The molecule has 0 aromatic heterocycles. The lowest BCUT2D eigenvalue weighted by Crippen LogP contribution is -2.43. The highest BCUT2D eigenvalue weighted by Gasteiger charge is 2.34. The highest BCUT2D eigenvalue weighted by atomic mass is 32.2. The summed E-state index contributed by atoms with van der Waals surface area (Å²) in [4.78, 5) is 12.0.